The molecule has 2 N–H and O–H groups in total. The number of aromatic amines is 1. The van der Waals surface area contributed by atoms with Crippen LogP contribution in [0, 0.1) is 0 Å². The summed E-state index contributed by atoms with van der Waals surface area (Å²) in [5, 5.41) is 16.2. The number of amides is 1. The second kappa shape index (κ2) is 7.37. The number of thioether (sulfide) groups is 2. The first-order valence-electron chi connectivity index (χ1n) is 8.00. The Morgan fingerprint density at radius 1 is 1.42 bits per heavy atom. The average Bonchev–Trinajstić information content (AvgIpc) is 3.22. The maximum atomic E-state index is 12.2. The van der Waals surface area contributed by atoms with Crippen LogP contribution in [0.3, 0.4) is 0 Å². The molecule has 26 heavy (non-hydrogen) atoms. The minimum absolute atomic E-state index is 0.113. The van der Waals surface area contributed by atoms with E-state index in [1.807, 2.05) is 6.92 Å². The fourth-order valence-electron chi connectivity index (χ4n) is 2.30. The molecule has 0 radical (unpaired) electrons. The summed E-state index contributed by atoms with van der Waals surface area (Å²) < 4.78 is 2.61. The first kappa shape index (κ1) is 17.5. The predicted octanol–water partition coefficient (Wildman–Crippen LogP) is 2.15. The first-order valence-corrected chi connectivity index (χ1v) is 10.8. The van der Waals surface area contributed by atoms with Crippen molar-refractivity contribution in [1.29, 1.82) is 0 Å². The molecule has 0 saturated heterocycles. The van der Waals surface area contributed by atoms with Crippen molar-refractivity contribution in [2.45, 2.75) is 35.3 Å². The van der Waals surface area contributed by atoms with Gasteiger partial charge >= 0.3 is 0 Å². The molecule has 3 heterocycles. The fourth-order valence-corrected chi connectivity index (χ4v) is 4.62. The Labute approximate surface area is 160 Å². The summed E-state index contributed by atoms with van der Waals surface area (Å²) in [5.74, 6) is 0.789. The van der Waals surface area contributed by atoms with Gasteiger partial charge in [0.15, 0.2) is 15.1 Å². The van der Waals surface area contributed by atoms with E-state index in [9.17, 15) is 9.59 Å². The van der Waals surface area contributed by atoms with E-state index in [2.05, 4.69) is 30.6 Å². The molecule has 0 aliphatic heterocycles. The number of hydrogen-bond acceptors (Lipinski definition) is 9. The number of nitrogens with one attached hydrogen (secondary N) is 2. The number of nitrogens with zero attached hydrogens (tertiary/aromatic N) is 5. The molecule has 1 fully saturated rings. The SMILES string of the molecule is CCSc1nnc(NC(=O)CSc2nc3c(cnn3C3CC3)c(=O)[nH]2)s1. The van der Waals surface area contributed by atoms with Gasteiger partial charge in [-0.05, 0) is 18.6 Å². The van der Waals surface area contributed by atoms with Crippen molar-refractivity contribution in [3.05, 3.63) is 16.6 Å². The van der Waals surface area contributed by atoms with Gasteiger partial charge in [0, 0.05) is 0 Å². The number of fused-ring (bicyclic) bond motifs is 1. The van der Waals surface area contributed by atoms with Gasteiger partial charge in [-0.15, -0.1) is 10.2 Å². The third-order valence-corrected chi connectivity index (χ3v) is 6.32. The van der Waals surface area contributed by atoms with Gasteiger partial charge in [0.05, 0.1) is 18.0 Å². The Balaban J connectivity index is 1.42. The zero-order valence-corrected chi connectivity index (χ0v) is 16.2. The molecule has 9 nitrogen and oxygen atoms in total. The van der Waals surface area contributed by atoms with Gasteiger partial charge in [-0.2, -0.15) is 5.10 Å². The van der Waals surface area contributed by atoms with Crippen LogP contribution in [0.1, 0.15) is 25.8 Å². The zero-order chi connectivity index (χ0) is 18.1. The minimum Gasteiger partial charge on any atom is -0.301 e. The number of rotatable bonds is 7. The highest BCUT2D eigenvalue weighted by Gasteiger charge is 2.27. The predicted molar refractivity (Wildman–Crippen MR) is 102 cm³/mol. The molecular formula is C14H15N7O2S3. The lowest BCUT2D eigenvalue weighted by Crippen LogP contribution is -2.15. The molecule has 1 aliphatic rings. The Morgan fingerprint density at radius 3 is 3.04 bits per heavy atom. The van der Waals surface area contributed by atoms with Crippen LogP contribution in [0.4, 0.5) is 5.13 Å². The van der Waals surface area contributed by atoms with Crippen LogP contribution in [0.5, 0.6) is 0 Å². The Kier molecular flexibility index (Phi) is 4.96. The number of anilines is 1. The molecule has 3 aromatic heterocycles. The quantitative estimate of drug-likeness (QED) is 0.346. The van der Waals surface area contributed by atoms with Crippen molar-refractivity contribution in [3.63, 3.8) is 0 Å². The van der Waals surface area contributed by atoms with Crippen LogP contribution in [-0.4, -0.2) is 47.4 Å². The standard InChI is InChI=1S/C14H15N7O2S3/c1-2-24-14-20-19-13(26-14)16-9(22)6-25-12-17-10-8(11(23)18-12)5-15-21(10)7-3-4-7/h5,7H,2-4,6H2,1H3,(H,16,19,22)(H,17,18,23). The number of H-pyrrole nitrogens is 1. The van der Waals surface area contributed by atoms with Gasteiger partial charge in [-0.1, -0.05) is 41.8 Å². The van der Waals surface area contributed by atoms with Crippen LogP contribution in [0.25, 0.3) is 11.0 Å². The smallest absolute Gasteiger partial charge is 0.262 e. The molecule has 1 amide bonds. The summed E-state index contributed by atoms with van der Waals surface area (Å²) in [6.07, 6.45) is 3.65. The van der Waals surface area contributed by atoms with E-state index >= 15 is 0 Å². The number of aromatic nitrogens is 6. The Bertz CT molecular complexity index is 1010. The maximum absolute atomic E-state index is 12.2. The largest absolute Gasteiger partial charge is 0.301 e. The molecule has 3 aromatic rings. The van der Waals surface area contributed by atoms with Crippen molar-refractivity contribution in [2.24, 2.45) is 0 Å². The normalized spacial score (nSPS) is 14.0. The van der Waals surface area contributed by atoms with Crippen LogP contribution in [-0.2, 0) is 4.79 Å². The minimum atomic E-state index is -0.241. The molecule has 0 bridgehead atoms. The van der Waals surface area contributed by atoms with Crippen LogP contribution < -0.4 is 10.9 Å². The van der Waals surface area contributed by atoms with E-state index in [1.54, 1.807) is 22.6 Å². The first-order chi connectivity index (χ1) is 12.6. The molecule has 0 aromatic carbocycles. The van der Waals surface area contributed by atoms with E-state index in [4.69, 9.17) is 0 Å². The lowest BCUT2D eigenvalue weighted by Gasteiger charge is -2.03. The third-order valence-electron chi connectivity index (χ3n) is 3.60. The van der Waals surface area contributed by atoms with Crippen LogP contribution in [0.15, 0.2) is 20.5 Å². The third kappa shape index (κ3) is 3.76. The number of hydrogen-bond donors (Lipinski definition) is 2. The van der Waals surface area contributed by atoms with E-state index in [0.717, 1.165) is 22.9 Å². The van der Waals surface area contributed by atoms with Crippen LogP contribution >= 0.6 is 34.9 Å². The van der Waals surface area contributed by atoms with Crippen molar-refractivity contribution in [2.75, 3.05) is 16.8 Å². The van der Waals surface area contributed by atoms with Crippen molar-refractivity contribution >= 4 is 56.9 Å². The van der Waals surface area contributed by atoms with Gasteiger partial charge in [-0.25, -0.2) is 9.67 Å². The van der Waals surface area contributed by atoms with Crippen molar-refractivity contribution in [3.8, 4) is 0 Å². The molecule has 4 rings (SSSR count). The molecule has 1 saturated carbocycles. The molecule has 136 valence electrons. The van der Waals surface area contributed by atoms with Gasteiger partial charge in [0.2, 0.25) is 11.0 Å². The molecule has 0 atom stereocenters. The summed E-state index contributed by atoms with van der Waals surface area (Å²) in [6, 6.07) is 0.329. The summed E-state index contributed by atoms with van der Waals surface area (Å²) in [5.41, 5.74) is 0.333. The maximum Gasteiger partial charge on any atom is 0.262 e. The van der Waals surface area contributed by atoms with Crippen molar-refractivity contribution < 1.29 is 4.79 Å². The Hall–Kier alpha value is -1.92. The zero-order valence-electron chi connectivity index (χ0n) is 13.8. The van der Waals surface area contributed by atoms with Gasteiger partial charge in [0.25, 0.3) is 5.56 Å². The Morgan fingerprint density at radius 2 is 2.27 bits per heavy atom. The molecule has 12 heteroatoms. The van der Waals surface area contributed by atoms with Crippen molar-refractivity contribution in [1.82, 2.24) is 29.9 Å². The fraction of sp³-hybridized carbons (Fsp3) is 0.429. The monoisotopic (exact) mass is 409 g/mol. The van der Waals surface area contributed by atoms with E-state index in [0.29, 0.717) is 27.4 Å². The van der Waals surface area contributed by atoms with E-state index in [-0.39, 0.29) is 17.2 Å². The second-order valence-corrected chi connectivity index (χ2v) is 9.02. The molecule has 0 unspecified atom stereocenters. The summed E-state index contributed by atoms with van der Waals surface area (Å²) in [6.45, 7) is 2.03. The van der Waals surface area contributed by atoms with Gasteiger partial charge < -0.3 is 4.98 Å². The summed E-state index contributed by atoms with van der Waals surface area (Å²) in [7, 11) is 0. The topological polar surface area (TPSA) is 118 Å². The summed E-state index contributed by atoms with van der Waals surface area (Å²) >= 11 is 4.09. The van der Waals surface area contributed by atoms with Crippen LogP contribution in [0.2, 0.25) is 0 Å². The van der Waals surface area contributed by atoms with E-state index in [1.165, 1.54) is 23.1 Å². The highest BCUT2D eigenvalue weighted by Crippen LogP contribution is 2.35. The lowest BCUT2D eigenvalue weighted by atomic mass is 10.4. The second-order valence-electron chi connectivity index (χ2n) is 5.57. The highest BCUT2D eigenvalue weighted by molar-refractivity contribution is 8.01. The average molecular weight is 410 g/mol. The van der Waals surface area contributed by atoms with Gasteiger partial charge in [-0.3, -0.25) is 14.9 Å². The highest BCUT2D eigenvalue weighted by atomic mass is 32.2. The molecule has 0 spiro atoms. The van der Waals surface area contributed by atoms with Gasteiger partial charge in [0.1, 0.15) is 5.39 Å². The molecular weight excluding hydrogens is 394 g/mol. The van der Waals surface area contributed by atoms with E-state index < -0.39 is 0 Å². The number of carbonyl (C=O) groups excluding carboxylic acids is 1. The summed E-state index contributed by atoms with van der Waals surface area (Å²) in [4.78, 5) is 31.4. The number of carbonyl (C=O) groups is 1. The lowest BCUT2D eigenvalue weighted by molar-refractivity contribution is -0.113. The molecule has 1 aliphatic carbocycles.